The summed E-state index contributed by atoms with van der Waals surface area (Å²) in [7, 11) is 3.39. The average molecular weight is 435 g/mol. The van der Waals surface area contributed by atoms with Crippen molar-refractivity contribution < 1.29 is 14.4 Å². The van der Waals surface area contributed by atoms with Gasteiger partial charge in [0.2, 0.25) is 11.8 Å². The summed E-state index contributed by atoms with van der Waals surface area (Å²) in [5.74, 6) is -0.480. The van der Waals surface area contributed by atoms with Crippen LogP contribution in [0.3, 0.4) is 0 Å². The van der Waals surface area contributed by atoms with E-state index in [1.165, 1.54) is 10.5 Å². The predicted octanol–water partition coefficient (Wildman–Crippen LogP) is 3.30. The summed E-state index contributed by atoms with van der Waals surface area (Å²) < 4.78 is 0. The normalized spacial score (nSPS) is 17.5. The van der Waals surface area contributed by atoms with Crippen molar-refractivity contribution in [3.8, 4) is 0 Å². The number of benzene rings is 2. The van der Waals surface area contributed by atoms with E-state index in [9.17, 15) is 14.4 Å². The molecule has 4 rings (SSSR count). The maximum Gasteiger partial charge on any atom is 0.253 e. The van der Waals surface area contributed by atoms with Gasteiger partial charge in [-0.2, -0.15) is 0 Å². The fraction of sp³-hybridized carbons (Fsp3) is 0.400. The Kier molecular flexibility index (Phi) is 6.17. The Morgan fingerprint density at radius 3 is 2.50 bits per heavy atom. The number of hydrogen-bond donors (Lipinski definition) is 1. The van der Waals surface area contributed by atoms with Crippen LogP contribution in [0, 0.1) is 0 Å². The van der Waals surface area contributed by atoms with Gasteiger partial charge in [-0.15, -0.1) is 0 Å². The van der Waals surface area contributed by atoms with Crippen LogP contribution in [0.5, 0.6) is 0 Å². The van der Waals surface area contributed by atoms with Crippen LogP contribution in [0.4, 0.5) is 17.1 Å². The minimum Gasteiger partial charge on any atom is -0.358 e. The summed E-state index contributed by atoms with van der Waals surface area (Å²) in [6.45, 7) is 2.79. The summed E-state index contributed by atoms with van der Waals surface area (Å²) in [5.41, 5.74) is 3.92. The van der Waals surface area contributed by atoms with Gasteiger partial charge in [-0.25, -0.2) is 0 Å². The second-order valence-electron chi connectivity index (χ2n) is 8.63. The summed E-state index contributed by atoms with van der Waals surface area (Å²) in [5, 5.41) is 2.90. The van der Waals surface area contributed by atoms with Gasteiger partial charge < -0.3 is 15.1 Å². The molecule has 1 N–H and O–H groups in total. The zero-order chi connectivity index (χ0) is 22.8. The lowest BCUT2D eigenvalue weighted by atomic mass is 9.95. The minimum absolute atomic E-state index is 0.0804. The van der Waals surface area contributed by atoms with Crippen molar-refractivity contribution in [3.05, 3.63) is 53.6 Å². The van der Waals surface area contributed by atoms with Crippen molar-refractivity contribution in [2.75, 3.05) is 42.3 Å². The Morgan fingerprint density at radius 1 is 1.06 bits per heavy atom. The van der Waals surface area contributed by atoms with Gasteiger partial charge >= 0.3 is 0 Å². The lowest BCUT2D eigenvalue weighted by Gasteiger charge is -2.45. The standard InChI is InChI=1S/C25H30N4O3/c1-4-17-8-11-19(12-9-17)26-23(30)16-29-22-15-18(24(31)27(2)3)10-13-20(22)28-14-6-5-7-21(28)25(29)32/h8-13,15,21H,4-7,14,16H2,1-3H3,(H,26,30). The molecular weight excluding hydrogens is 404 g/mol. The molecule has 3 amide bonds. The first kappa shape index (κ1) is 21.9. The molecule has 2 heterocycles. The number of piperidine rings is 1. The second-order valence-corrected chi connectivity index (χ2v) is 8.63. The van der Waals surface area contributed by atoms with Crippen LogP contribution < -0.4 is 15.1 Å². The topological polar surface area (TPSA) is 73.0 Å². The van der Waals surface area contributed by atoms with E-state index in [-0.39, 0.29) is 30.3 Å². The monoisotopic (exact) mass is 434 g/mol. The number of aryl methyl sites for hydroxylation is 1. The quantitative estimate of drug-likeness (QED) is 0.784. The molecule has 1 saturated heterocycles. The van der Waals surface area contributed by atoms with Gasteiger partial charge in [0, 0.05) is 31.9 Å². The van der Waals surface area contributed by atoms with Gasteiger partial charge in [0.1, 0.15) is 12.6 Å². The van der Waals surface area contributed by atoms with Crippen LogP contribution in [0.2, 0.25) is 0 Å². The fourth-order valence-corrected chi connectivity index (χ4v) is 4.48. The minimum atomic E-state index is -0.262. The number of carbonyl (C=O) groups excluding carboxylic acids is 3. The molecule has 0 aromatic heterocycles. The molecule has 32 heavy (non-hydrogen) atoms. The SMILES string of the molecule is CCc1ccc(NC(=O)CN2C(=O)C3CCCCN3c3ccc(C(=O)N(C)C)cc32)cc1. The molecule has 2 aliphatic rings. The Hall–Kier alpha value is -3.35. The van der Waals surface area contributed by atoms with E-state index < -0.39 is 0 Å². The van der Waals surface area contributed by atoms with Crippen LogP contribution in [-0.2, 0) is 16.0 Å². The third-order valence-corrected chi connectivity index (χ3v) is 6.23. The van der Waals surface area contributed by atoms with Crippen molar-refractivity contribution >= 4 is 34.8 Å². The molecule has 7 heteroatoms. The highest BCUT2D eigenvalue weighted by atomic mass is 16.2. The first-order valence-corrected chi connectivity index (χ1v) is 11.2. The van der Waals surface area contributed by atoms with Crippen molar-refractivity contribution in [2.24, 2.45) is 0 Å². The molecule has 0 aliphatic carbocycles. The van der Waals surface area contributed by atoms with Gasteiger partial charge in [0.25, 0.3) is 5.91 Å². The van der Waals surface area contributed by atoms with E-state index in [2.05, 4.69) is 17.1 Å². The Labute approximate surface area is 189 Å². The van der Waals surface area contributed by atoms with E-state index in [0.29, 0.717) is 16.9 Å². The summed E-state index contributed by atoms with van der Waals surface area (Å²) >= 11 is 0. The molecule has 2 aliphatic heterocycles. The van der Waals surface area contributed by atoms with Crippen molar-refractivity contribution in [1.82, 2.24) is 4.90 Å². The Balaban J connectivity index is 1.63. The van der Waals surface area contributed by atoms with E-state index in [1.54, 1.807) is 31.1 Å². The zero-order valence-electron chi connectivity index (χ0n) is 18.9. The fourth-order valence-electron chi connectivity index (χ4n) is 4.48. The summed E-state index contributed by atoms with van der Waals surface area (Å²) in [6, 6.07) is 12.9. The van der Waals surface area contributed by atoms with Gasteiger partial charge in [-0.1, -0.05) is 19.1 Å². The van der Waals surface area contributed by atoms with Crippen LogP contribution in [0.25, 0.3) is 0 Å². The third kappa shape index (κ3) is 4.20. The molecule has 2 aromatic rings. The van der Waals surface area contributed by atoms with E-state index in [0.717, 1.165) is 37.9 Å². The van der Waals surface area contributed by atoms with Crippen LogP contribution in [0.1, 0.15) is 42.1 Å². The number of carbonyl (C=O) groups is 3. The highest BCUT2D eigenvalue weighted by molar-refractivity contribution is 6.11. The number of nitrogens with one attached hydrogen (secondary N) is 1. The van der Waals surface area contributed by atoms with Gasteiger partial charge in [0.15, 0.2) is 0 Å². The average Bonchev–Trinajstić information content (AvgIpc) is 2.81. The molecule has 1 unspecified atom stereocenters. The van der Waals surface area contributed by atoms with Gasteiger partial charge in [-0.05, 0) is 61.6 Å². The first-order chi connectivity index (χ1) is 15.4. The predicted molar refractivity (Wildman–Crippen MR) is 126 cm³/mol. The molecule has 0 spiro atoms. The lowest BCUT2D eigenvalue weighted by Crippen LogP contribution is -2.56. The largest absolute Gasteiger partial charge is 0.358 e. The number of nitrogens with zero attached hydrogens (tertiary/aromatic N) is 3. The molecular formula is C25H30N4O3. The van der Waals surface area contributed by atoms with Gasteiger partial charge in [-0.3, -0.25) is 19.3 Å². The zero-order valence-corrected chi connectivity index (χ0v) is 18.9. The lowest BCUT2D eigenvalue weighted by molar-refractivity contribution is -0.123. The number of fused-ring (bicyclic) bond motifs is 3. The molecule has 2 aromatic carbocycles. The number of amides is 3. The molecule has 0 bridgehead atoms. The maximum atomic E-state index is 13.4. The number of rotatable bonds is 5. The highest BCUT2D eigenvalue weighted by Crippen LogP contribution is 2.40. The third-order valence-electron chi connectivity index (χ3n) is 6.23. The summed E-state index contributed by atoms with van der Waals surface area (Å²) in [4.78, 5) is 44.0. The highest BCUT2D eigenvalue weighted by Gasteiger charge is 2.40. The van der Waals surface area contributed by atoms with Crippen molar-refractivity contribution in [3.63, 3.8) is 0 Å². The van der Waals surface area contributed by atoms with E-state index in [4.69, 9.17) is 0 Å². The number of anilines is 3. The van der Waals surface area contributed by atoms with Crippen molar-refractivity contribution in [1.29, 1.82) is 0 Å². The van der Waals surface area contributed by atoms with Gasteiger partial charge in [0.05, 0.1) is 11.4 Å². The summed E-state index contributed by atoms with van der Waals surface area (Å²) in [6.07, 6.45) is 3.71. The van der Waals surface area contributed by atoms with E-state index >= 15 is 0 Å². The molecule has 1 atom stereocenters. The Morgan fingerprint density at radius 2 is 1.81 bits per heavy atom. The molecule has 0 radical (unpaired) electrons. The van der Waals surface area contributed by atoms with E-state index in [1.807, 2.05) is 30.3 Å². The molecule has 168 valence electrons. The smallest absolute Gasteiger partial charge is 0.253 e. The molecule has 7 nitrogen and oxygen atoms in total. The molecule has 0 saturated carbocycles. The van der Waals surface area contributed by atoms with Crippen LogP contribution >= 0.6 is 0 Å². The number of hydrogen-bond acceptors (Lipinski definition) is 4. The van der Waals surface area contributed by atoms with Crippen LogP contribution in [-0.4, -0.2) is 55.8 Å². The van der Waals surface area contributed by atoms with Crippen molar-refractivity contribution in [2.45, 2.75) is 38.6 Å². The van der Waals surface area contributed by atoms with Crippen LogP contribution in [0.15, 0.2) is 42.5 Å². The maximum absolute atomic E-state index is 13.4. The molecule has 1 fully saturated rings. The Bertz CT molecular complexity index is 1030. The first-order valence-electron chi connectivity index (χ1n) is 11.2. The second kappa shape index (κ2) is 9.02.